The van der Waals surface area contributed by atoms with Gasteiger partial charge in [0.1, 0.15) is 0 Å². The van der Waals surface area contributed by atoms with Crippen molar-refractivity contribution < 1.29 is 8.42 Å². The summed E-state index contributed by atoms with van der Waals surface area (Å²) in [7, 11) is -0.838. The number of hydrogen-bond acceptors (Lipinski definition) is 4. The van der Waals surface area contributed by atoms with E-state index in [9.17, 15) is 8.42 Å². The van der Waals surface area contributed by atoms with Gasteiger partial charge in [-0.2, -0.15) is 0 Å². The normalized spacial score (nSPS) is 23.9. The smallest absolute Gasteiger partial charge is 0.153 e. The van der Waals surface area contributed by atoms with Crippen LogP contribution in [0.4, 0.5) is 0 Å². The fraction of sp³-hybridized carbons (Fsp3) is 0.625. The maximum absolute atomic E-state index is 11.6. The Morgan fingerprint density at radius 2 is 2.10 bits per heavy atom. The molecule has 1 N–H and O–H groups in total. The molecular formula is C16H26N2O2S. The lowest BCUT2D eigenvalue weighted by molar-refractivity contribution is 0.215. The molecule has 1 fully saturated rings. The van der Waals surface area contributed by atoms with Crippen molar-refractivity contribution in [3.63, 3.8) is 0 Å². The minimum absolute atomic E-state index is 0.123. The first-order valence-electron chi connectivity index (χ1n) is 7.60. The van der Waals surface area contributed by atoms with Crippen LogP contribution in [0.5, 0.6) is 0 Å². The van der Waals surface area contributed by atoms with Crippen LogP contribution in [0.1, 0.15) is 30.5 Å². The summed E-state index contributed by atoms with van der Waals surface area (Å²) in [4.78, 5) is 2.30. The van der Waals surface area contributed by atoms with Gasteiger partial charge in [0.05, 0.1) is 11.5 Å². The van der Waals surface area contributed by atoms with E-state index in [4.69, 9.17) is 0 Å². The van der Waals surface area contributed by atoms with Crippen molar-refractivity contribution in [2.24, 2.45) is 0 Å². The summed E-state index contributed by atoms with van der Waals surface area (Å²) >= 11 is 0. The fourth-order valence-corrected chi connectivity index (χ4v) is 4.72. The maximum Gasteiger partial charge on any atom is 0.153 e. The Labute approximate surface area is 128 Å². The van der Waals surface area contributed by atoms with E-state index in [-0.39, 0.29) is 6.04 Å². The first-order valence-corrected chi connectivity index (χ1v) is 9.42. The molecule has 21 heavy (non-hydrogen) atoms. The number of nitrogens with one attached hydrogen (secondary N) is 1. The van der Waals surface area contributed by atoms with Crippen LogP contribution in [0.2, 0.25) is 0 Å². The lowest BCUT2D eigenvalue weighted by Crippen LogP contribution is -2.47. The molecule has 2 unspecified atom stereocenters. The van der Waals surface area contributed by atoms with Gasteiger partial charge in [-0.15, -0.1) is 0 Å². The summed E-state index contributed by atoms with van der Waals surface area (Å²) in [6.07, 6.45) is 0.992. The van der Waals surface area contributed by atoms with E-state index in [2.05, 4.69) is 41.4 Å². The van der Waals surface area contributed by atoms with Crippen LogP contribution >= 0.6 is 0 Å². The van der Waals surface area contributed by atoms with Crippen molar-refractivity contribution in [3.05, 3.63) is 35.4 Å². The van der Waals surface area contributed by atoms with Crippen molar-refractivity contribution >= 4 is 9.84 Å². The molecular weight excluding hydrogens is 284 g/mol. The molecule has 0 aromatic heterocycles. The number of rotatable bonds is 5. The van der Waals surface area contributed by atoms with Crippen LogP contribution in [-0.2, 0) is 9.84 Å². The molecule has 0 spiro atoms. The second-order valence-electron chi connectivity index (χ2n) is 5.99. The first kappa shape index (κ1) is 16.5. The summed E-state index contributed by atoms with van der Waals surface area (Å²) in [6.45, 7) is 5.73. The number of aryl methyl sites for hydroxylation is 1. The summed E-state index contributed by atoms with van der Waals surface area (Å²) in [6, 6.07) is 8.87. The van der Waals surface area contributed by atoms with E-state index >= 15 is 0 Å². The molecule has 0 radical (unpaired) electrons. The Bertz CT molecular complexity index is 571. The van der Waals surface area contributed by atoms with Crippen molar-refractivity contribution in [2.75, 3.05) is 31.6 Å². The molecule has 0 bridgehead atoms. The van der Waals surface area contributed by atoms with Crippen molar-refractivity contribution in [1.82, 2.24) is 10.2 Å². The Morgan fingerprint density at radius 1 is 1.38 bits per heavy atom. The average Bonchev–Trinajstić information content (AvgIpc) is 2.42. The van der Waals surface area contributed by atoms with Crippen molar-refractivity contribution in [2.45, 2.75) is 32.4 Å². The van der Waals surface area contributed by atoms with E-state index in [0.29, 0.717) is 24.1 Å². The summed E-state index contributed by atoms with van der Waals surface area (Å²) < 4.78 is 23.3. The molecule has 1 aliphatic heterocycles. The summed E-state index contributed by atoms with van der Waals surface area (Å²) in [5.41, 5.74) is 2.63. The van der Waals surface area contributed by atoms with Crippen LogP contribution in [-0.4, -0.2) is 51.0 Å². The highest BCUT2D eigenvalue weighted by atomic mass is 32.2. The Balaban J connectivity index is 1.97. The van der Waals surface area contributed by atoms with Gasteiger partial charge in [0, 0.05) is 25.2 Å². The van der Waals surface area contributed by atoms with Gasteiger partial charge in [-0.3, -0.25) is 4.90 Å². The SMILES string of the molecule is CNC(CCN1CCS(=O)(=O)CC1C)c1ccccc1C. The van der Waals surface area contributed by atoms with Crippen LogP contribution in [0.25, 0.3) is 0 Å². The lowest BCUT2D eigenvalue weighted by atomic mass is 9.98. The third-order valence-electron chi connectivity index (χ3n) is 4.43. The average molecular weight is 310 g/mol. The Morgan fingerprint density at radius 3 is 2.71 bits per heavy atom. The van der Waals surface area contributed by atoms with Gasteiger partial charge in [-0.1, -0.05) is 24.3 Å². The highest BCUT2D eigenvalue weighted by Crippen LogP contribution is 2.22. The van der Waals surface area contributed by atoms with Gasteiger partial charge in [0.15, 0.2) is 9.84 Å². The zero-order valence-corrected chi connectivity index (χ0v) is 14.0. The zero-order valence-electron chi connectivity index (χ0n) is 13.2. The standard InChI is InChI=1S/C16H26N2O2S/c1-13-6-4-5-7-15(13)16(17-3)8-9-18-10-11-21(19,20)12-14(18)2/h4-7,14,16-17H,8-12H2,1-3H3. The minimum Gasteiger partial charge on any atom is -0.313 e. The minimum atomic E-state index is -2.83. The molecule has 2 atom stereocenters. The quantitative estimate of drug-likeness (QED) is 0.900. The van der Waals surface area contributed by atoms with Crippen LogP contribution in [0.3, 0.4) is 0 Å². The van der Waals surface area contributed by atoms with E-state index in [1.807, 2.05) is 14.0 Å². The second-order valence-corrected chi connectivity index (χ2v) is 8.21. The number of benzene rings is 1. The molecule has 0 saturated carbocycles. The molecule has 1 saturated heterocycles. The molecule has 1 heterocycles. The zero-order chi connectivity index (χ0) is 15.5. The molecule has 118 valence electrons. The topological polar surface area (TPSA) is 49.4 Å². The van der Waals surface area contributed by atoms with Crippen molar-refractivity contribution in [3.8, 4) is 0 Å². The molecule has 1 aliphatic rings. The molecule has 4 nitrogen and oxygen atoms in total. The van der Waals surface area contributed by atoms with E-state index in [0.717, 1.165) is 13.0 Å². The van der Waals surface area contributed by atoms with E-state index in [1.165, 1.54) is 11.1 Å². The molecule has 1 aromatic rings. The van der Waals surface area contributed by atoms with Gasteiger partial charge in [-0.25, -0.2) is 8.42 Å². The Kier molecular flexibility index (Phi) is 5.41. The van der Waals surface area contributed by atoms with Gasteiger partial charge in [-0.05, 0) is 38.4 Å². The summed E-state index contributed by atoms with van der Waals surface area (Å²) in [5, 5.41) is 3.38. The molecule has 2 rings (SSSR count). The van der Waals surface area contributed by atoms with Crippen LogP contribution in [0, 0.1) is 6.92 Å². The number of sulfone groups is 1. The highest BCUT2D eigenvalue weighted by Gasteiger charge is 2.28. The molecule has 0 aliphatic carbocycles. The van der Waals surface area contributed by atoms with Crippen LogP contribution in [0.15, 0.2) is 24.3 Å². The largest absolute Gasteiger partial charge is 0.313 e. The number of hydrogen-bond donors (Lipinski definition) is 1. The van der Waals surface area contributed by atoms with E-state index in [1.54, 1.807) is 0 Å². The predicted molar refractivity (Wildman–Crippen MR) is 87.3 cm³/mol. The highest BCUT2D eigenvalue weighted by molar-refractivity contribution is 7.91. The Hall–Kier alpha value is -0.910. The number of nitrogens with zero attached hydrogens (tertiary/aromatic N) is 1. The first-order chi connectivity index (χ1) is 9.93. The monoisotopic (exact) mass is 310 g/mol. The fourth-order valence-electron chi connectivity index (χ4n) is 3.09. The predicted octanol–water partition coefficient (Wildman–Crippen LogP) is 1.76. The molecule has 5 heteroatoms. The van der Waals surface area contributed by atoms with E-state index < -0.39 is 9.84 Å². The molecule has 1 aromatic carbocycles. The third-order valence-corrected chi connectivity index (χ3v) is 6.22. The third kappa shape index (κ3) is 4.28. The van der Waals surface area contributed by atoms with Crippen LogP contribution < -0.4 is 5.32 Å². The van der Waals surface area contributed by atoms with Gasteiger partial charge >= 0.3 is 0 Å². The maximum atomic E-state index is 11.6. The van der Waals surface area contributed by atoms with Gasteiger partial charge < -0.3 is 5.32 Å². The molecule has 0 amide bonds. The summed E-state index contributed by atoms with van der Waals surface area (Å²) in [5.74, 6) is 0.591. The van der Waals surface area contributed by atoms with Crippen molar-refractivity contribution in [1.29, 1.82) is 0 Å². The van der Waals surface area contributed by atoms with Gasteiger partial charge in [0.2, 0.25) is 0 Å². The lowest BCUT2D eigenvalue weighted by Gasteiger charge is -2.34. The second kappa shape index (κ2) is 6.90. The van der Waals surface area contributed by atoms with Gasteiger partial charge in [0.25, 0.3) is 0 Å².